The number of carbonyl (C=O) groups is 1. The van der Waals surface area contributed by atoms with Crippen LogP contribution in [0.1, 0.15) is 52.0 Å². The van der Waals surface area contributed by atoms with Crippen molar-refractivity contribution in [2.75, 3.05) is 0 Å². The van der Waals surface area contributed by atoms with Gasteiger partial charge < -0.3 is 10.5 Å². The fraction of sp³-hybridized carbons (Fsp3) is 0.588. The molecule has 0 aromatic heterocycles. The van der Waals surface area contributed by atoms with Gasteiger partial charge in [-0.15, -0.1) is 0 Å². The van der Waals surface area contributed by atoms with E-state index in [0.717, 1.165) is 12.8 Å². The highest BCUT2D eigenvalue weighted by atomic mass is 16.5. The Kier molecular flexibility index (Phi) is 6.73. The summed E-state index contributed by atoms with van der Waals surface area (Å²) in [6.07, 6.45) is 1.96. The van der Waals surface area contributed by atoms with Crippen molar-refractivity contribution in [1.29, 1.82) is 0 Å². The molecule has 3 nitrogen and oxygen atoms in total. The quantitative estimate of drug-likeness (QED) is 0.776. The second-order valence-electron chi connectivity index (χ2n) is 5.92. The standard InChI is InChI=1S/C17H27NO2/c1-12(2)10-11-16(15-8-6-5-7-9-15)14(4)20-17(19)13(3)18/h5-9,12-14,16H,10-11,18H2,1-4H3/t13-,14-,16-/m0/s1. The van der Waals surface area contributed by atoms with Gasteiger partial charge in [0.25, 0.3) is 0 Å². The number of carbonyl (C=O) groups excluding carboxylic acids is 1. The van der Waals surface area contributed by atoms with Crippen LogP contribution in [0.25, 0.3) is 0 Å². The Hall–Kier alpha value is -1.35. The van der Waals surface area contributed by atoms with Crippen molar-refractivity contribution in [2.45, 2.75) is 58.6 Å². The topological polar surface area (TPSA) is 52.3 Å². The molecule has 0 aliphatic heterocycles. The summed E-state index contributed by atoms with van der Waals surface area (Å²) in [7, 11) is 0. The first-order valence-electron chi connectivity index (χ1n) is 7.42. The molecule has 0 aliphatic rings. The van der Waals surface area contributed by atoms with Crippen LogP contribution in [0.4, 0.5) is 0 Å². The number of hydrogen-bond acceptors (Lipinski definition) is 3. The van der Waals surface area contributed by atoms with Crippen LogP contribution in [0.5, 0.6) is 0 Å². The molecular weight excluding hydrogens is 250 g/mol. The van der Waals surface area contributed by atoms with E-state index >= 15 is 0 Å². The summed E-state index contributed by atoms with van der Waals surface area (Å²) in [5.41, 5.74) is 6.79. The van der Waals surface area contributed by atoms with E-state index in [1.165, 1.54) is 5.56 Å². The van der Waals surface area contributed by atoms with Gasteiger partial charge in [0.15, 0.2) is 0 Å². The van der Waals surface area contributed by atoms with Crippen molar-refractivity contribution in [1.82, 2.24) is 0 Å². The summed E-state index contributed by atoms with van der Waals surface area (Å²) in [5, 5.41) is 0. The van der Waals surface area contributed by atoms with Gasteiger partial charge in [0.05, 0.1) is 0 Å². The van der Waals surface area contributed by atoms with Gasteiger partial charge in [-0.05, 0) is 31.7 Å². The zero-order valence-electron chi connectivity index (χ0n) is 13.0. The minimum absolute atomic E-state index is 0.158. The first-order chi connectivity index (χ1) is 9.41. The Morgan fingerprint density at radius 1 is 1.10 bits per heavy atom. The summed E-state index contributed by atoms with van der Waals surface area (Å²) >= 11 is 0. The van der Waals surface area contributed by atoms with Crippen molar-refractivity contribution in [2.24, 2.45) is 11.7 Å². The monoisotopic (exact) mass is 277 g/mol. The highest BCUT2D eigenvalue weighted by molar-refractivity contribution is 5.75. The normalized spacial score (nSPS) is 15.7. The lowest BCUT2D eigenvalue weighted by Crippen LogP contribution is -2.33. The van der Waals surface area contributed by atoms with Gasteiger partial charge in [-0.3, -0.25) is 4.79 Å². The molecule has 0 fully saturated rings. The third-order valence-corrected chi connectivity index (χ3v) is 3.52. The molecule has 0 saturated heterocycles. The second-order valence-corrected chi connectivity index (χ2v) is 5.92. The van der Waals surface area contributed by atoms with Crippen LogP contribution in [0, 0.1) is 5.92 Å². The SMILES string of the molecule is CC(C)CC[C@H](c1ccccc1)[C@H](C)OC(=O)[C@H](C)N. The molecule has 0 saturated carbocycles. The van der Waals surface area contributed by atoms with Crippen LogP contribution >= 0.6 is 0 Å². The molecule has 3 heteroatoms. The Balaban J connectivity index is 2.79. The molecule has 0 amide bonds. The predicted octanol–water partition coefficient (Wildman–Crippen LogP) is 3.49. The number of ether oxygens (including phenoxy) is 1. The van der Waals surface area contributed by atoms with Crippen LogP contribution in [-0.2, 0) is 9.53 Å². The molecule has 3 atom stereocenters. The molecule has 1 aromatic rings. The minimum Gasteiger partial charge on any atom is -0.461 e. The predicted molar refractivity (Wildman–Crippen MR) is 82.5 cm³/mol. The van der Waals surface area contributed by atoms with Gasteiger partial charge in [0.1, 0.15) is 12.1 Å². The molecule has 0 aliphatic carbocycles. The maximum atomic E-state index is 11.7. The van der Waals surface area contributed by atoms with E-state index < -0.39 is 6.04 Å². The summed E-state index contributed by atoms with van der Waals surface area (Å²) in [6.45, 7) is 8.03. The van der Waals surface area contributed by atoms with E-state index in [0.29, 0.717) is 5.92 Å². The fourth-order valence-corrected chi connectivity index (χ4v) is 2.26. The van der Waals surface area contributed by atoms with E-state index in [9.17, 15) is 4.79 Å². The fourth-order valence-electron chi connectivity index (χ4n) is 2.26. The third-order valence-electron chi connectivity index (χ3n) is 3.52. The zero-order chi connectivity index (χ0) is 15.1. The maximum absolute atomic E-state index is 11.7. The van der Waals surface area contributed by atoms with Gasteiger partial charge in [0.2, 0.25) is 0 Å². The number of esters is 1. The Morgan fingerprint density at radius 2 is 1.70 bits per heavy atom. The van der Waals surface area contributed by atoms with E-state index in [-0.39, 0.29) is 18.0 Å². The molecule has 0 unspecified atom stereocenters. The number of nitrogens with two attached hydrogens (primary N) is 1. The van der Waals surface area contributed by atoms with Gasteiger partial charge in [-0.1, -0.05) is 50.6 Å². The Morgan fingerprint density at radius 3 is 2.20 bits per heavy atom. The van der Waals surface area contributed by atoms with Crippen LogP contribution in [0.15, 0.2) is 30.3 Å². The molecule has 0 radical (unpaired) electrons. The number of rotatable bonds is 7. The average Bonchev–Trinajstić information content (AvgIpc) is 2.39. The van der Waals surface area contributed by atoms with Crippen molar-refractivity contribution in [3.63, 3.8) is 0 Å². The molecule has 112 valence electrons. The summed E-state index contributed by atoms with van der Waals surface area (Å²) < 4.78 is 5.50. The summed E-state index contributed by atoms with van der Waals surface area (Å²) in [4.78, 5) is 11.7. The van der Waals surface area contributed by atoms with E-state index in [1.54, 1.807) is 6.92 Å². The largest absolute Gasteiger partial charge is 0.461 e. The number of hydrogen-bond donors (Lipinski definition) is 1. The highest BCUT2D eigenvalue weighted by Crippen LogP contribution is 2.28. The lowest BCUT2D eigenvalue weighted by Gasteiger charge is -2.26. The van der Waals surface area contributed by atoms with Crippen LogP contribution < -0.4 is 5.73 Å². The second kappa shape index (κ2) is 8.05. The summed E-state index contributed by atoms with van der Waals surface area (Å²) in [6, 6.07) is 9.68. The van der Waals surface area contributed by atoms with Crippen molar-refractivity contribution in [3.8, 4) is 0 Å². The lowest BCUT2D eigenvalue weighted by atomic mass is 9.87. The molecule has 20 heavy (non-hydrogen) atoms. The Labute approximate surface area is 122 Å². The van der Waals surface area contributed by atoms with E-state index in [4.69, 9.17) is 10.5 Å². The molecule has 1 rings (SSSR count). The van der Waals surface area contributed by atoms with Crippen molar-refractivity contribution < 1.29 is 9.53 Å². The first-order valence-corrected chi connectivity index (χ1v) is 7.42. The number of benzene rings is 1. The van der Waals surface area contributed by atoms with Gasteiger partial charge in [-0.2, -0.15) is 0 Å². The Bertz CT molecular complexity index is 401. The molecule has 1 aromatic carbocycles. The van der Waals surface area contributed by atoms with Gasteiger partial charge >= 0.3 is 5.97 Å². The smallest absolute Gasteiger partial charge is 0.322 e. The maximum Gasteiger partial charge on any atom is 0.322 e. The van der Waals surface area contributed by atoms with Crippen LogP contribution in [-0.4, -0.2) is 18.1 Å². The van der Waals surface area contributed by atoms with Crippen LogP contribution in [0.2, 0.25) is 0 Å². The van der Waals surface area contributed by atoms with Crippen LogP contribution in [0.3, 0.4) is 0 Å². The zero-order valence-corrected chi connectivity index (χ0v) is 13.0. The highest BCUT2D eigenvalue weighted by Gasteiger charge is 2.24. The van der Waals surface area contributed by atoms with E-state index in [1.807, 2.05) is 25.1 Å². The van der Waals surface area contributed by atoms with Gasteiger partial charge in [0, 0.05) is 5.92 Å². The molecule has 2 N–H and O–H groups in total. The first kappa shape index (κ1) is 16.7. The average molecular weight is 277 g/mol. The minimum atomic E-state index is -0.570. The van der Waals surface area contributed by atoms with Crippen molar-refractivity contribution in [3.05, 3.63) is 35.9 Å². The van der Waals surface area contributed by atoms with Crippen molar-refractivity contribution >= 4 is 5.97 Å². The third kappa shape index (κ3) is 5.33. The lowest BCUT2D eigenvalue weighted by molar-refractivity contribution is -0.150. The molecule has 0 spiro atoms. The molecular formula is C17H27NO2. The molecule has 0 heterocycles. The van der Waals surface area contributed by atoms with Gasteiger partial charge in [-0.25, -0.2) is 0 Å². The van der Waals surface area contributed by atoms with E-state index in [2.05, 4.69) is 26.0 Å². The summed E-state index contributed by atoms with van der Waals surface area (Å²) in [5.74, 6) is 0.529. The molecule has 0 bridgehead atoms.